The van der Waals surface area contributed by atoms with Crippen LogP contribution in [0.3, 0.4) is 0 Å². The summed E-state index contributed by atoms with van der Waals surface area (Å²) in [5, 5.41) is 9.27. The van der Waals surface area contributed by atoms with Crippen molar-refractivity contribution >= 4 is 53.0 Å². The quantitative estimate of drug-likeness (QED) is 0.0909. The van der Waals surface area contributed by atoms with Crippen molar-refractivity contribution in [2.75, 3.05) is 6.61 Å². The molecule has 0 spiro atoms. The molecule has 15 heteroatoms. The van der Waals surface area contributed by atoms with E-state index in [9.17, 15) is 37.2 Å². The Hall–Kier alpha value is -3.25. The van der Waals surface area contributed by atoms with E-state index < -0.39 is 42.4 Å². The van der Waals surface area contributed by atoms with Crippen molar-refractivity contribution in [3.05, 3.63) is 194 Å². The van der Waals surface area contributed by atoms with Crippen LogP contribution in [0.4, 0.5) is 0 Å². The van der Waals surface area contributed by atoms with E-state index in [4.69, 9.17) is 5.11 Å². The molecular formula is C49H53NNa2O9P2S. The van der Waals surface area contributed by atoms with Gasteiger partial charge in [0.2, 0.25) is 35.0 Å². The molecule has 0 bridgehead atoms. The summed E-state index contributed by atoms with van der Waals surface area (Å²) in [5.74, 6) is 0. The molecule has 2 unspecified atom stereocenters. The van der Waals surface area contributed by atoms with Gasteiger partial charge in [0.05, 0.1) is 0 Å². The number of aryl methyl sites for hydroxylation is 9. The second kappa shape index (κ2) is 26.8. The standard InChI is InChI=1S/C26H27O3P.C16H17O3P.C5H5NO2S.C2H5O.2Na/c1-16-12-18(3)23(19(4)13-16)25(27)30(29,22-10-8-7-9-11-22)26(28)24-20(5)14-17(2)15-21(24)6;1-11-9-12(2)15(13(3)10-11)16(17)20(18,19)14-7-5-4-6-8-14;7-9(8)6-4-2-1-3-5-6;1-2-3;;/h7-15H,1-6H3;4-10H,1-3H3,(H,18,19);1-5H;2H2,1H3;;/q;;;-1;2*+1/p-1. The molecule has 0 saturated carbocycles. The molecule has 326 valence electrons. The predicted molar refractivity (Wildman–Crippen MR) is 244 cm³/mol. The fraction of sp³-hybridized carbons (Fsp3) is 0.224. The van der Waals surface area contributed by atoms with E-state index in [1.165, 1.54) is 24.5 Å². The Bertz CT molecular complexity index is 2540. The smallest absolute Gasteiger partial charge is 0.855 e. The van der Waals surface area contributed by atoms with Crippen molar-refractivity contribution in [2.24, 2.45) is 0 Å². The van der Waals surface area contributed by atoms with Crippen molar-refractivity contribution < 1.29 is 105 Å². The van der Waals surface area contributed by atoms with Crippen molar-refractivity contribution in [3.8, 4) is 0 Å². The SMILES string of the molecule is CC[O-].Cc1cc(C)c(C(=O)P(=O)(C(=O)c2c(C)cc(C)cc2C)c2ccccc2)c(C)c1.Cc1cc(C)c(C(=O)P(=O)([O-])c2ccccc2)c(C)c1.O=S([O-])[n+]1ccccc1.[Na+].[Na+]. The van der Waals surface area contributed by atoms with Gasteiger partial charge >= 0.3 is 59.1 Å². The third kappa shape index (κ3) is 14.9. The molecule has 1 heterocycles. The van der Waals surface area contributed by atoms with Gasteiger partial charge in [0.15, 0.2) is 12.4 Å². The molecule has 6 rings (SSSR count). The van der Waals surface area contributed by atoms with E-state index in [2.05, 4.69) is 0 Å². The van der Waals surface area contributed by atoms with Gasteiger partial charge in [-0.2, -0.15) is 0 Å². The molecule has 64 heavy (non-hydrogen) atoms. The number of carbonyl (C=O) groups is 3. The van der Waals surface area contributed by atoms with Crippen LogP contribution in [-0.2, 0) is 20.4 Å². The van der Waals surface area contributed by atoms with E-state index >= 15 is 0 Å². The minimum absolute atomic E-state index is 0. The van der Waals surface area contributed by atoms with E-state index in [0.29, 0.717) is 22.3 Å². The average molecular weight is 940 g/mol. The zero-order valence-electron chi connectivity index (χ0n) is 38.8. The minimum Gasteiger partial charge on any atom is -0.855 e. The summed E-state index contributed by atoms with van der Waals surface area (Å²) in [6, 6.07) is 32.6. The summed E-state index contributed by atoms with van der Waals surface area (Å²) in [6.07, 6.45) is 2.92. The third-order valence-corrected chi connectivity index (χ3v) is 14.5. The zero-order valence-corrected chi connectivity index (χ0v) is 45.4. The molecule has 0 aliphatic rings. The van der Waals surface area contributed by atoms with Crippen LogP contribution in [0.1, 0.15) is 88.1 Å². The number of benzene rings is 5. The average Bonchev–Trinajstić information content (AvgIpc) is 3.21. The molecule has 0 aliphatic carbocycles. The van der Waals surface area contributed by atoms with Crippen LogP contribution in [0, 0.1) is 62.3 Å². The molecular weight excluding hydrogens is 887 g/mol. The molecule has 10 nitrogen and oxygen atoms in total. The molecule has 0 saturated heterocycles. The Morgan fingerprint density at radius 1 is 0.516 bits per heavy atom. The third-order valence-electron chi connectivity index (χ3n) is 9.59. The second-order valence-electron chi connectivity index (χ2n) is 14.8. The monoisotopic (exact) mass is 939 g/mol. The van der Waals surface area contributed by atoms with Gasteiger partial charge in [-0.05, 0) is 95.7 Å². The summed E-state index contributed by atoms with van der Waals surface area (Å²) < 4.78 is 48.3. The summed E-state index contributed by atoms with van der Waals surface area (Å²) in [7, 11) is -8.43. The number of carbonyl (C=O) groups excluding carboxylic acids is 3. The van der Waals surface area contributed by atoms with Gasteiger partial charge < -0.3 is 23.7 Å². The normalized spacial score (nSPS) is 11.8. The number of hydrogen-bond acceptors (Lipinski definition) is 9. The number of pyridine rings is 1. The summed E-state index contributed by atoms with van der Waals surface area (Å²) in [5.41, 5.74) is 6.44. The van der Waals surface area contributed by atoms with Crippen LogP contribution in [0.25, 0.3) is 0 Å². The van der Waals surface area contributed by atoms with Crippen LogP contribution >= 0.6 is 14.5 Å². The van der Waals surface area contributed by atoms with Crippen molar-refractivity contribution in [1.82, 2.24) is 0 Å². The molecule has 5 aromatic carbocycles. The number of rotatable bonds is 9. The molecule has 1 aromatic heterocycles. The fourth-order valence-electron chi connectivity index (χ4n) is 7.20. The van der Waals surface area contributed by atoms with Gasteiger partial charge in [0, 0.05) is 39.4 Å². The molecule has 0 N–H and O–H groups in total. The van der Waals surface area contributed by atoms with Crippen LogP contribution in [-0.4, -0.2) is 31.9 Å². The maximum Gasteiger partial charge on any atom is 1.00 e. The predicted octanol–water partition coefficient (Wildman–Crippen LogP) is 1.91. The first kappa shape index (κ1) is 58.8. The second-order valence-corrected chi connectivity index (χ2v) is 20.2. The first-order valence-electron chi connectivity index (χ1n) is 19.7. The van der Waals surface area contributed by atoms with Crippen LogP contribution in [0.5, 0.6) is 0 Å². The van der Waals surface area contributed by atoms with E-state index in [-0.39, 0.29) is 81.9 Å². The maximum atomic E-state index is 14.5. The number of nitrogens with zero attached hydrogens (tertiary/aromatic N) is 1. The molecule has 6 aromatic rings. The summed E-state index contributed by atoms with van der Waals surface area (Å²) in [4.78, 5) is 52.5. The fourth-order valence-corrected chi connectivity index (χ4v) is 11.6. The Morgan fingerprint density at radius 2 is 0.781 bits per heavy atom. The van der Waals surface area contributed by atoms with Gasteiger partial charge in [0.25, 0.3) is 0 Å². The number of aromatic nitrogens is 1. The molecule has 2 atom stereocenters. The van der Waals surface area contributed by atoms with E-state index in [0.717, 1.165) is 42.9 Å². The van der Waals surface area contributed by atoms with E-state index in [1.807, 2.05) is 84.9 Å². The number of hydrogen-bond donors (Lipinski definition) is 0. The van der Waals surface area contributed by atoms with Crippen molar-refractivity contribution in [3.63, 3.8) is 0 Å². The van der Waals surface area contributed by atoms with Crippen LogP contribution in [0.15, 0.2) is 128 Å². The van der Waals surface area contributed by atoms with E-state index in [1.54, 1.807) is 87.5 Å². The largest absolute Gasteiger partial charge is 1.00 e. The van der Waals surface area contributed by atoms with Gasteiger partial charge in [-0.25, -0.2) is 4.21 Å². The Balaban J connectivity index is 0.000000517. The topological polar surface area (TPSA) is 175 Å². The maximum absolute atomic E-state index is 14.5. The van der Waals surface area contributed by atoms with Crippen LogP contribution < -0.4 is 83.7 Å². The Labute approximate surface area is 424 Å². The van der Waals surface area contributed by atoms with Gasteiger partial charge in [-0.15, -0.1) is 10.6 Å². The molecule has 0 aliphatic heterocycles. The summed E-state index contributed by atoms with van der Waals surface area (Å²) in [6.45, 7) is 18.2. The van der Waals surface area contributed by atoms with Gasteiger partial charge in [-0.3, -0.25) is 14.4 Å². The van der Waals surface area contributed by atoms with Gasteiger partial charge in [0.1, 0.15) is 7.37 Å². The Kier molecular flexibility index (Phi) is 24.6. The van der Waals surface area contributed by atoms with Crippen molar-refractivity contribution in [1.29, 1.82) is 0 Å². The van der Waals surface area contributed by atoms with Gasteiger partial charge in [-0.1, -0.05) is 127 Å². The molecule has 0 radical (unpaired) electrons. The first-order chi connectivity index (χ1) is 29.1. The minimum atomic E-state index is -4.32. The first-order valence-corrected chi connectivity index (χ1v) is 24.0. The molecule has 0 amide bonds. The van der Waals surface area contributed by atoms with Crippen LogP contribution in [0.2, 0.25) is 0 Å². The Morgan fingerprint density at radius 3 is 1.06 bits per heavy atom. The molecule has 0 fully saturated rings. The van der Waals surface area contributed by atoms with Crippen molar-refractivity contribution in [2.45, 2.75) is 69.2 Å². The summed E-state index contributed by atoms with van der Waals surface area (Å²) >= 11 is -2.16. The zero-order chi connectivity index (χ0) is 46.5.